The Labute approximate surface area is 114 Å². The lowest BCUT2D eigenvalue weighted by atomic mass is 9.77. The Hall–Kier alpha value is -1.53. The fourth-order valence-corrected chi connectivity index (χ4v) is 3.02. The molecule has 2 aliphatic heterocycles. The number of nitriles is 1. The molecule has 0 aromatic heterocycles. The molecule has 2 unspecified atom stereocenters. The van der Waals surface area contributed by atoms with Crippen LogP contribution in [0.5, 0.6) is 5.75 Å². The second-order valence-electron chi connectivity index (χ2n) is 5.64. The van der Waals surface area contributed by atoms with E-state index in [1.165, 1.54) is 0 Å². The van der Waals surface area contributed by atoms with Crippen molar-refractivity contribution in [2.45, 2.75) is 38.2 Å². The first kappa shape index (κ1) is 12.5. The molecule has 1 aromatic carbocycles. The maximum atomic E-state index is 9.57. The molecule has 2 atom stereocenters. The van der Waals surface area contributed by atoms with Crippen LogP contribution in [0.1, 0.15) is 31.2 Å². The quantitative estimate of drug-likeness (QED) is 0.835. The van der Waals surface area contributed by atoms with E-state index in [9.17, 15) is 5.26 Å². The number of nitrogens with zero attached hydrogens (tertiary/aromatic N) is 1. The van der Waals surface area contributed by atoms with Gasteiger partial charge in [0.2, 0.25) is 0 Å². The third-order valence-electron chi connectivity index (χ3n) is 4.21. The number of ether oxygens (including phenoxy) is 2. The molecule has 1 saturated heterocycles. The van der Waals surface area contributed by atoms with Crippen molar-refractivity contribution in [1.29, 1.82) is 5.26 Å². The normalized spacial score (nSPS) is 29.3. The monoisotopic (exact) mass is 257 g/mol. The van der Waals surface area contributed by atoms with Gasteiger partial charge in [0.05, 0.1) is 17.6 Å². The maximum Gasteiger partial charge on any atom is 0.122 e. The molecule has 3 nitrogen and oxygen atoms in total. The Morgan fingerprint density at radius 3 is 3.05 bits per heavy atom. The highest BCUT2D eigenvalue weighted by molar-refractivity contribution is 5.37. The molecule has 19 heavy (non-hydrogen) atoms. The topological polar surface area (TPSA) is 42.2 Å². The van der Waals surface area contributed by atoms with Gasteiger partial charge >= 0.3 is 0 Å². The van der Waals surface area contributed by atoms with E-state index in [-0.39, 0.29) is 5.41 Å². The van der Waals surface area contributed by atoms with Crippen molar-refractivity contribution in [2.24, 2.45) is 5.41 Å². The van der Waals surface area contributed by atoms with Gasteiger partial charge in [-0.3, -0.25) is 0 Å². The van der Waals surface area contributed by atoms with E-state index in [4.69, 9.17) is 9.47 Å². The van der Waals surface area contributed by atoms with Crippen LogP contribution in [-0.2, 0) is 11.2 Å². The van der Waals surface area contributed by atoms with Crippen molar-refractivity contribution < 1.29 is 9.47 Å². The van der Waals surface area contributed by atoms with Crippen LogP contribution in [-0.4, -0.2) is 19.3 Å². The molecule has 2 aliphatic rings. The molecule has 2 heterocycles. The number of benzene rings is 1. The van der Waals surface area contributed by atoms with Crippen molar-refractivity contribution in [3.8, 4) is 11.8 Å². The Morgan fingerprint density at radius 1 is 1.37 bits per heavy atom. The van der Waals surface area contributed by atoms with Gasteiger partial charge in [0.1, 0.15) is 12.4 Å². The van der Waals surface area contributed by atoms with Crippen LogP contribution in [0.3, 0.4) is 0 Å². The summed E-state index contributed by atoms with van der Waals surface area (Å²) in [7, 11) is 0. The highest BCUT2D eigenvalue weighted by Gasteiger charge is 2.36. The minimum Gasteiger partial charge on any atom is -0.492 e. The summed E-state index contributed by atoms with van der Waals surface area (Å²) in [4.78, 5) is 0. The first-order valence-electron chi connectivity index (χ1n) is 7.05. The van der Waals surface area contributed by atoms with Gasteiger partial charge in [0, 0.05) is 6.61 Å². The summed E-state index contributed by atoms with van der Waals surface area (Å²) < 4.78 is 11.4. The van der Waals surface area contributed by atoms with Gasteiger partial charge in [-0.2, -0.15) is 5.26 Å². The largest absolute Gasteiger partial charge is 0.492 e. The van der Waals surface area contributed by atoms with Crippen LogP contribution >= 0.6 is 0 Å². The molecule has 0 bridgehead atoms. The van der Waals surface area contributed by atoms with Crippen LogP contribution < -0.4 is 4.74 Å². The molecule has 1 aromatic rings. The molecule has 0 N–H and O–H groups in total. The fourth-order valence-electron chi connectivity index (χ4n) is 3.02. The smallest absolute Gasteiger partial charge is 0.122 e. The molecule has 0 aliphatic carbocycles. The number of hydrogen-bond acceptors (Lipinski definition) is 3. The van der Waals surface area contributed by atoms with E-state index in [2.05, 4.69) is 12.1 Å². The third-order valence-corrected chi connectivity index (χ3v) is 4.21. The zero-order valence-corrected chi connectivity index (χ0v) is 11.1. The van der Waals surface area contributed by atoms with Gasteiger partial charge in [-0.05, 0) is 43.7 Å². The lowest BCUT2D eigenvalue weighted by Crippen LogP contribution is -2.34. The van der Waals surface area contributed by atoms with Gasteiger partial charge in [-0.1, -0.05) is 18.2 Å². The van der Waals surface area contributed by atoms with Crippen molar-refractivity contribution in [2.75, 3.05) is 13.2 Å². The summed E-state index contributed by atoms with van der Waals surface area (Å²) in [5.74, 6) is 0.936. The fraction of sp³-hybridized carbons (Fsp3) is 0.562. The molecule has 0 spiro atoms. The van der Waals surface area contributed by atoms with Gasteiger partial charge in [0.25, 0.3) is 0 Å². The maximum absolute atomic E-state index is 9.57. The van der Waals surface area contributed by atoms with Crippen LogP contribution in [0.25, 0.3) is 0 Å². The van der Waals surface area contributed by atoms with Gasteiger partial charge < -0.3 is 9.47 Å². The van der Waals surface area contributed by atoms with Crippen LogP contribution in [0.4, 0.5) is 0 Å². The average Bonchev–Trinajstić information content (AvgIpc) is 2.98. The zero-order chi connectivity index (χ0) is 13.1. The predicted octanol–water partition coefficient (Wildman–Crippen LogP) is 3.09. The first-order valence-corrected chi connectivity index (χ1v) is 7.05. The van der Waals surface area contributed by atoms with Crippen molar-refractivity contribution in [3.63, 3.8) is 0 Å². The Kier molecular flexibility index (Phi) is 3.44. The number of para-hydroxylation sites is 1. The van der Waals surface area contributed by atoms with Crippen molar-refractivity contribution >= 4 is 0 Å². The summed E-state index contributed by atoms with van der Waals surface area (Å²) >= 11 is 0. The third kappa shape index (κ3) is 2.59. The van der Waals surface area contributed by atoms with Gasteiger partial charge in [-0.25, -0.2) is 0 Å². The van der Waals surface area contributed by atoms with Crippen LogP contribution in [0.15, 0.2) is 24.3 Å². The highest BCUT2D eigenvalue weighted by Crippen LogP contribution is 2.38. The summed E-state index contributed by atoms with van der Waals surface area (Å²) in [6, 6.07) is 10.5. The number of rotatable bonds is 3. The summed E-state index contributed by atoms with van der Waals surface area (Å²) in [5, 5.41) is 9.57. The van der Waals surface area contributed by atoms with E-state index in [1.807, 2.05) is 18.2 Å². The average molecular weight is 257 g/mol. The SMILES string of the molecule is N#CC1(CCC2CCCO2)COc2ccccc2C1. The van der Waals surface area contributed by atoms with E-state index in [0.29, 0.717) is 12.7 Å². The standard InChI is InChI=1S/C16H19NO2/c17-11-16(8-7-14-5-3-9-18-14)10-13-4-1-2-6-15(13)19-12-16/h1-2,4,6,14H,3,5,7-10,12H2. The second-order valence-corrected chi connectivity index (χ2v) is 5.64. The molecular weight excluding hydrogens is 238 g/mol. The second kappa shape index (κ2) is 5.22. The molecule has 0 radical (unpaired) electrons. The van der Waals surface area contributed by atoms with Crippen molar-refractivity contribution in [1.82, 2.24) is 0 Å². The number of hydrogen-bond donors (Lipinski definition) is 0. The van der Waals surface area contributed by atoms with Gasteiger partial charge in [0.15, 0.2) is 0 Å². The molecule has 3 heteroatoms. The molecular formula is C16H19NO2. The molecule has 0 saturated carbocycles. The van der Waals surface area contributed by atoms with Crippen LogP contribution in [0, 0.1) is 16.7 Å². The Bertz CT molecular complexity index is 488. The predicted molar refractivity (Wildman–Crippen MR) is 71.9 cm³/mol. The lowest BCUT2D eigenvalue weighted by molar-refractivity contribution is 0.0815. The van der Waals surface area contributed by atoms with Gasteiger partial charge in [-0.15, -0.1) is 0 Å². The van der Waals surface area contributed by atoms with Crippen LogP contribution in [0.2, 0.25) is 0 Å². The van der Waals surface area contributed by atoms with E-state index >= 15 is 0 Å². The zero-order valence-electron chi connectivity index (χ0n) is 11.1. The summed E-state index contributed by atoms with van der Waals surface area (Å²) in [6.45, 7) is 1.39. The number of fused-ring (bicyclic) bond motifs is 1. The van der Waals surface area contributed by atoms with E-state index in [0.717, 1.165) is 50.0 Å². The molecule has 0 amide bonds. The molecule has 3 rings (SSSR count). The molecule has 1 fully saturated rings. The minimum atomic E-state index is -0.375. The van der Waals surface area contributed by atoms with E-state index in [1.54, 1.807) is 0 Å². The highest BCUT2D eigenvalue weighted by atomic mass is 16.5. The summed E-state index contributed by atoms with van der Waals surface area (Å²) in [6.07, 6.45) is 5.28. The Morgan fingerprint density at radius 2 is 2.26 bits per heavy atom. The van der Waals surface area contributed by atoms with E-state index < -0.39 is 0 Å². The summed E-state index contributed by atoms with van der Waals surface area (Å²) in [5.41, 5.74) is 0.781. The minimum absolute atomic E-state index is 0.349. The molecule has 100 valence electrons. The lowest BCUT2D eigenvalue weighted by Gasteiger charge is -2.32. The van der Waals surface area contributed by atoms with Crippen molar-refractivity contribution in [3.05, 3.63) is 29.8 Å². The first-order chi connectivity index (χ1) is 9.31. The Balaban J connectivity index is 1.69.